The van der Waals surface area contributed by atoms with Gasteiger partial charge in [-0.1, -0.05) is 26.0 Å². The molecule has 1 aliphatic rings. The van der Waals surface area contributed by atoms with E-state index in [9.17, 15) is 4.39 Å². The second-order valence-electron chi connectivity index (χ2n) is 5.66. The van der Waals surface area contributed by atoms with Crippen LogP contribution in [0.4, 0.5) is 4.39 Å². The molecular formula is C16H26FN3. The molecule has 1 unspecified atom stereocenters. The van der Waals surface area contributed by atoms with Crippen molar-refractivity contribution >= 4 is 0 Å². The third-order valence-electron chi connectivity index (χ3n) is 4.85. The molecule has 1 aromatic rings. The fourth-order valence-electron chi connectivity index (χ4n) is 3.70. The molecule has 0 bridgehead atoms. The molecule has 1 heterocycles. The van der Waals surface area contributed by atoms with Crippen molar-refractivity contribution in [3.05, 3.63) is 35.6 Å². The minimum absolute atomic E-state index is 0.0426. The minimum Gasteiger partial charge on any atom is -0.296 e. The molecule has 2 rings (SSSR count). The van der Waals surface area contributed by atoms with E-state index in [1.165, 1.54) is 18.9 Å². The molecule has 0 aromatic heterocycles. The lowest BCUT2D eigenvalue weighted by atomic mass is 9.79. The average molecular weight is 279 g/mol. The Kier molecular flexibility index (Phi) is 5.13. The van der Waals surface area contributed by atoms with E-state index in [4.69, 9.17) is 5.84 Å². The van der Waals surface area contributed by atoms with Gasteiger partial charge in [0.15, 0.2) is 0 Å². The predicted molar refractivity (Wildman–Crippen MR) is 80.6 cm³/mol. The van der Waals surface area contributed by atoms with Gasteiger partial charge in [-0.3, -0.25) is 16.2 Å². The molecule has 1 aliphatic heterocycles. The Balaban J connectivity index is 2.38. The molecule has 1 atom stereocenters. The van der Waals surface area contributed by atoms with Crippen molar-refractivity contribution in [2.45, 2.75) is 51.1 Å². The topological polar surface area (TPSA) is 41.3 Å². The van der Waals surface area contributed by atoms with Gasteiger partial charge in [-0.25, -0.2) is 4.39 Å². The van der Waals surface area contributed by atoms with Crippen LogP contribution >= 0.6 is 0 Å². The molecule has 1 fully saturated rings. The highest BCUT2D eigenvalue weighted by Crippen LogP contribution is 2.39. The van der Waals surface area contributed by atoms with Crippen molar-refractivity contribution in [2.75, 3.05) is 13.1 Å². The summed E-state index contributed by atoms with van der Waals surface area (Å²) >= 11 is 0. The van der Waals surface area contributed by atoms with Crippen molar-refractivity contribution < 1.29 is 4.39 Å². The Morgan fingerprint density at radius 1 is 1.30 bits per heavy atom. The number of nitrogens with one attached hydrogen (secondary N) is 1. The number of nitrogens with two attached hydrogens (primary N) is 1. The molecule has 20 heavy (non-hydrogen) atoms. The van der Waals surface area contributed by atoms with Gasteiger partial charge >= 0.3 is 0 Å². The van der Waals surface area contributed by atoms with Crippen LogP contribution in [0.5, 0.6) is 0 Å². The standard InChI is InChI=1S/C16H26FN3/c1-3-16(4-2,20-10-5-6-11-20)15(19-18)13-8-7-9-14(17)12-13/h7-9,12,15,19H,3-6,10-11,18H2,1-2H3. The third-order valence-corrected chi connectivity index (χ3v) is 4.85. The molecule has 0 saturated carbocycles. The van der Waals surface area contributed by atoms with Gasteiger partial charge in [0.05, 0.1) is 6.04 Å². The maximum absolute atomic E-state index is 13.6. The summed E-state index contributed by atoms with van der Waals surface area (Å²) in [6.07, 6.45) is 4.47. The van der Waals surface area contributed by atoms with Gasteiger partial charge in [-0.2, -0.15) is 0 Å². The summed E-state index contributed by atoms with van der Waals surface area (Å²) in [4.78, 5) is 2.53. The zero-order valence-electron chi connectivity index (χ0n) is 12.5. The molecule has 3 nitrogen and oxygen atoms in total. The van der Waals surface area contributed by atoms with Gasteiger partial charge in [0.2, 0.25) is 0 Å². The van der Waals surface area contributed by atoms with E-state index >= 15 is 0 Å². The Hall–Kier alpha value is -0.970. The summed E-state index contributed by atoms with van der Waals surface area (Å²) in [7, 11) is 0. The number of rotatable bonds is 6. The lowest BCUT2D eigenvalue weighted by Crippen LogP contribution is -2.56. The van der Waals surface area contributed by atoms with Crippen LogP contribution in [0.1, 0.15) is 51.1 Å². The SMILES string of the molecule is CCC(CC)(C(NN)c1cccc(F)c1)N1CCCC1. The number of hydrogen-bond acceptors (Lipinski definition) is 3. The van der Waals surface area contributed by atoms with Gasteiger partial charge in [-0.15, -0.1) is 0 Å². The second kappa shape index (κ2) is 6.66. The monoisotopic (exact) mass is 279 g/mol. The van der Waals surface area contributed by atoms with Gasteiger partial charge in [0, 0.05) is 5.54 Å². The molecule has 0 amide bonds. The summed E-state index contributed by atoms with van der Waals surface area (Å²) < 4.78 is 13.6. The van der Waals surface area contributed by atoms with E-state index in [2.05, 4.69) is 24.2 Å². The van der Waals surface area contributed by atoms with E-state index in [1.807, 2.05) is 6.07 Å². The zero-order valence-corrected chi connectivity index (χ0v) is 12.5. The minimum atomic E-state index is -0.203. The highest BCUT2D eigenvalue weighted by atomic mass is 19.1. The first-order valence-corrected chi connectivity index (χ1v) is 7.64. The van der Waals surface area contributed by atoms with Crippen LogP contribution in [0, 0.1) is 5.82 Å². The summed E-state index contributed by atoms with van der Waals surface area (Å²) in [6.45, 7) is 6.61. The van der Waals surface area contributed by atoms with E-state index < -0.39 is 0 Å². The van der Waals surface area contributed by atoms with Gasteiger partial charge < -0.3 is 0 Å². The van der Waals surface area contributed by atoms with Crippen molar-refractivity contribution in [1.29, 1.82) is 0 Å². The van der Waals surface area contributed by atoms with Crippen LogP contribution < -0.4 is 11.3 Å². The van der Waals surface area contributed by atoms with Crippen molar-refractivity contribution in [2.24, 2.45) is 5.84 Å². The summed E-state index contributed by atoms with van der Waals surface area (Å²) in [6, 6.07) is 6.75. The Morgan fingerprint density at radius 3 is 2.45 bits per heavy atom. The molecule has 112 valence electrons. The van der Waals surface area contributed by atoms with Crippen LogP contribution in [0.15, 0.2) is 24.3 Å². The molecule has 0 aliphatic carbocycles. The van der Waals surface area contributed by atoms with Crippen molar-refractivity contribution in [3.63, 3.8) is 0 Å². The largest absolute Gasteiger partial charge is 0.296 e. The number of halogens is 1. The first kappa shape index (κ1) is 15.4. The Morgan fingerprint density at radius 2 is 1.95 bits per heavy atom. The molecule has 4 heteroatoms. The number of hydrogen-bond donors (Lipinski definition) is 2. The van der Waals surface area contributed by atoms with Crippen molar-refractivity contribution in [1.82, 2.24) is 10.3 Å². The Labute approximate surface area is 121 Å². The van der Waals surface area contributed by atoms with Crippen molar-refractivity contribution in [3.8, 4) is 0 Å². The van der Waals surface area contributed by atoms with Gasteiger partial charge in [-0.05, 0) is 56.5 Å². The van der Waals surface area contributed by atoms with Crippen LogP contribution in [0.25, 0.3) is 0 Å². The third kappa shape index (κ3) is 2.73. The molecule has 0 radical (unpaired) electrons. The number of hydrazine groups is 1. The maximum Gasteiger partial charge on any atom is 0.123 e. The molecule has 0 spiro atoms. The van der Waals surface area contributed by atoms with Gasteiger partial charge in [0.25, 0.3) is 0 Å². The van der Waals surface area contributed by atoms with Crippen LogP contribution in [0.2, 0.25) is 0 Å². The lowest BCUT2D eigenvalue weighted by Gasteiger charge is -2.46. The summed E-state index contributed by atoms with van der Waals surface area (Å²) in [5.41, 5.74) is 3.85. The molecule has 1 saturated heterocycles. The zero-order chi connectivity index (χ0) is 14.6. The number of benzene rings is 1. The first-order chi connectivity index (χ1) is 9.67. The summed E-state index contributed by atoms with van der Waals surface area (Å²) in [5.74, 6) is 5.66. The predicted octanol–water partition coefficient (Wildman–Crippen LogP) is 2.98. The fourth-order valence-corrected chi connectivity index (χ4v) is 3.70. The average Bonchev–Trinajstić information content (AvgIpc) is 2.99. The maximum atomic E-state index is 13.6. The molecule has 1 aromatic carbocycles. The quantitative estimate of drug-likeness (QED) is 0.621. The smallest absolute Gasteiger partial charge is 0.123 e. The van der Waals surface area contributed by atoms with Crippen LogP contribution in [-0.4, -0.2) is 23.5 Å². The van der Waals surface area contributed by atoms with Crippen LogP contribution in [-0.2, 0) is 0 Å². The molecule has 3 N–H and O–H groups in total. The fraction of sp³-hybridized carbons (Fsp3) is 0.625. The lowest BCUT2D eigenvalue weighted by molar-refractivity contribution is 0.0616. The Bertz CT molecular complexity index is 425. The van der Waals surface area contributed by atoms with E-state index in [-0.39, 0.29) is 17.4 Å². The highest BCUT2D eigenvalue weighted by molar-refractivity contribution is 5.24. The molecular weight excluding hydrogens is 253 g/mol. The van der Waals surface area contributed by atoms with E-state index in [0.717, 1.165) is 31.5 Å². The van der Waals surface area contributed by atoms with Crippen LogP contribution in [0.3, 0.4) is 0 Å². The number of nitrogens with zero attached hydrogens (tertiary/aromatic N) is 1. The van der Waals surface area contributed by atoms with E-state index in [0.29, 0.717) is 0 Å². The first-order valence-electron chi connectivity index (χ1n) is 7.64. The number of likely N-dealkylation sites (tertiary alicyclic amines) is 1. The van der Waals surface area contributed by atoms with Gasteiger partial charge in [0.1, 0.15) is 5.82 Å². The summed E-state index contributed by atoms with van der Waals surface area (Å²) in [5, 5.41) is 0. The normalized spacial score (nSPS) is 18.4. The van der Waals surface area contributed by atoms with E-state index in [1.54, 1.807) is 12.1 Å². The second-order valence-corrected chi connectivity index (χ2v) is 5.66. The highest BCUT2D eigenvalue weighted by Gasteiger charge is 2.42.